The SMILES string of the molecule is COCCOc1ccc(C(=O)N2CCC(CN)C2)cc1. The van der Waals surface area contributed by atoms with E-state index in [0.29, 0.717) is 31.2 Å². The van der Waals surface area contributed by atoms with Gasteiger partial charge in [-0.05, 0) is 43.1 Å². The van der Waals surface area contributed by atoms with Crippen molar-refractivity contribution >= 4 is 5.91 Å². The molecule has 1 aliphatic rings. The summed E-state index contributed by atoms with van der Waals surface area (Å²) in [6.45, 7) is 3.27. The van der Waals surface area contributed by atoms with Crippen LogP contribution in [-0.2, 0) is 4.74 Å². The molecular weight excluding hydrogens is 256 g/mol. The van der Waals surface area contributed by atoms with E-state index in [0.717, 1.165) is 25.3 Å². The molecule has 0 aromatic heterocycles. The maximum absolute atomic E-state index is 12.3. The van der Waals surface area contributed by atoms with Crippen LogP contribution in [0.5, 0.6) is 5.75 Å². The zero-order valence-corrected chi connectivity index (χ0v) is 11.9. The molecule has 1 heterocycles. The molecule has 1 aromatic rings. The van der Waals surface area contributed by atoms with Crippen LogP contribution in [0, 0.1) is 5.92 Å². The molecule has 2 rings (SSSR count). The minimum Gasteiger partial charge on any atom is -0.491 e. The largest absolute Gasteiger partial charge is 0.491 e. The highest BCUT2D eigenvalue weighted by Crippen LogP contribution is 2.19. The van der Waals surface area contributed by atoms with Gasteiger partial charge < -0.3 is 20.1 Å². The van der Waals surface area contributed by atoms with E-state index in [4.69, 9.17) is 15.2 Å². The van der Waals surface area contributed by atoms with Crippen molar-refractivity contribution in [3.8, 4) is 5.75 Å². The Bertz CT molecular complexity index is 433. The lowest BCUT2D eigenvalue weighted by molar-refractivity contribution is 0.0787. The topological polar surface area (TPSA) is 64.8 Å². The molecule has 0 radical (unpaired) electrons. The van der Waals surface area contributed by atoms with Gasteiger partial charge in [0.25, 0.3) is 5.91 Å². The van der Waals surface area contributed by atoms with Crippen LogP contribution in [0.2, 0.25) is 0 Å². The number of nitrogens with two attached hydrogens (primary N) is 1. The summed E-state index contributed by atoms with van der Waals surface area (Å²) in [6.07, 6.45) is 1.00. The molecule has 0 spiro atoms. The predicted octanol–water partition coefficient (Wildman–Crippen LogP) is 1.13. The Kier molecular flexibility index (Phi) is 5.38. The maximum Gasteiger partial charge on any atom is 0.253 e. The number of hydrogen-bond acceptors (Lipinski definition) is 4. The summed E-state index contributed by atoms with van der Waals surface area (Å²) < 4.78 is 10.4. The van der Waals surface area contributed by atoms with Gasteiger partial charge in [-0.2, -0.15) is 0 Å². The minimum absolute atomic E-state index is 0.0735. The van der Waals surface area contributed by atoms with Gasteiger partial charge in [-0.15, -0.1) is 0 Å². The fraction of sp³-hybridized carbons (Fsp3) is 0.533. The van der Waals surface area contributed by atoms with Crippen molar-refractivity contribution in [1.82, 2.24) is 4.90 Å². The molecule has 0 bridgehead atoms. The number of hydrogen-bond donors (Lipinski definition) is 1. The van der Waals surface area contributed by atoms with E-state index in [-0.39, 0.29) is 5.91 Å². The molecule has 1 unspecified atom stereocenters. The molecule has 1 aliphatic heterocycles. The number of ether oxygens (including phenoxy) is 2. The standard InChI is InChI=1S/C15H22N2O3/c1-19-8-9-20-14-4-2-13(3-5-14)15(18)17-7-6-12(10-16)11-17/h2-5,12H,6-11,16H2,1H3. The molecule has 5 nitrogen and oxygen atoms in total. The highest BCUT2D eigenvalue weighted by molar-refractivity contribution is 5.94. The molecule has 0 aliphatic carbocycles. The van der Waals surface area contributed by atoms with Crippen LogP contribution in [-0.4, -0.2) is 50.8 Å². The van der Waals surface area contributed by atoms with E-state index in [1.54, 1.807) is 19.2 Å². The summed E-state index contributed by atoms with van der Waals surface area (Å²) in [6, 6.07) is 7.25. The van der Waals surface area contributed by atoms with E-state index < -0.39 is 0 Å². The van der Waals surface area contributed by atoms with E-state index in [1.165, 1.54) is 0 Å². The first-order chi connectivity index (χ1) is 9.74. The molecular formula is C15H22N2O3. The van der Waals surface area contributed by atoms with E-state index in [1.807, 2.05) is 17.0 Å². The zero-order chi connectivity index (χ0) is 14.4. The Morgan fingerprint density at radius 2 is 2.10 bits per heavy atom. The number of carbonyl (C=O) groups is 1. The first kappa shape index (κ1) is 14.8. The smallest absolute Gasteiger partial charge is 0.253 e. The van der Waals surface area contributed by atoms with Crippen molar-refractivity contribution in [2.24, 2.45) is 11.7 Å². The second-order valence-electron chi connectivity index (χ2n) is 5.01. The van der Waals surface area contributed by atoms with Crippen LogP contribution >= 0.6 is 0 Å². The molecule has 1 saturated heterocycles. The van der Waals surface area contributed by atoms with Crippen molar-refractivity contribution in [2.75, 3.05) is 40.0 Å². The van der Waals surface area contributed by atoms with Gasteiger partial charge >= 0.3 is 0 Å². The van der Waals surface area contributed by atoms with Crippen LogP contribution < -0.4 is 10.5 Å². The number of carbonyl (C=O) groups excluding carboxylic acids is 1. The van der Waals surface area contributed by atoms with Crippen LogP contribution in [0.4, 0.5) is 0 Å². The van der Waals surface area contributed by atoms with Gasteiger partial charge in [-0.1, -0.05) is 0 Å². The van der Waals surface area contributed by atoms with E-state index >= 15 is 0 Å². The van der Waals surface area contributed by atoms with Gasteiger partial charge in [0.2, 0.25) is 0 Å². The molecule has 20 heavy (non-hydrogen) atoms. The van der Waals surface area contributed by atoms with Crippen LogP contribution in [0.3, 0.4) is 0 Å². The molecule has 1 aromatic carbocycles. The fourth-order valence-electron chi connectivity index (χ4n) is 2.33. The number of rotatable bonds is 6. The predicted molar refractivity (Wildman–Crippen MR) is 76.9 cm³/mol. The summed E-state index contributed by atoms with van der Waals surface area (Å²) in [5.41, 5.74) is 6.34. The summed E-state index contributed by atoms with van der Waals surface area (Å²) in [4.78, 5) is 14.2. The lowest BCUT2D eigenvalue weighted by atomic mass is 10.1. The minimum atomic E-state index is 0.0735. The highest BCUT2D eigenvalue weighted by atomic mass is 16.5. The molecule has 110 valence electrons. The first-order valence-electron chi connectivity index (χ1n) is 6.95. The Labute approximate surface area is 119 Å². The van der Waals surface area contributed by atoms with Crippen LogP contribution in [0.25, 0.3) is 0 Å². The van der Waals surface area contributed by atoms with Crippen LogP contribution in [0.1, 0.15) is 16.8 Å². The Morgan fingerprint density at radius 3 is 2.70 bits per heavy atom. The van der Waals surface area contributed by atoms with Crippen molar-refractivity contribution in [3.63, 3.8) is 0 Å². The Morgan fingerprint density at radius 1 is 1.35 bits per heavy atom. The quantitative estimate of drug-likeness (QED) is 0.792. The maximum atomic E-state index is 12.3. The summed E-state index contributed by atoms with van der Waals surface area (Å²) in [5, 5.41) is 0. The average Bonchev–Trinajstić information content (AvgIpc) is 2.96. The molecule has 1 amide bonds. The van der Waals surface area contributed by atoms with Gasteiger partial charge in [0, 0.05) is 25.8 Å². The third kappa shape index (κ3) is 3.71. The monoisotopic (exact) mass is 278 g/mol. The molecule has 2 N–H and O–H groups in total. The van der Waals surface area contributed by atoms with Crippen molar-refractivity contribution in [2.45, 2.75) is 6.42 Å². The number of amides is 1. The molecule has 1 atom stereocenters. The number of nitrogens with zero attached hydrogens (tertiary/aromatic N) is 1. The van der Waals surface area contributed by atoms with E-state index in [9.17, 15) is 4.79 Å². The third-order valence-electron chi connectivity index (χ3n) is 3.56. The summed E-state index contributed by atoms with van der Waals surface area (Å²) in [5.74, 6) is 1.26. The van der Waals surface area contributed by atoms with Crippen molar-refractivity contribution in [1.29, 1.82) is 0 Å². The Hall–Kier alpha value is -1.59. The molecule has 0 saturated carbocycles. The lowest BCUT2D eigenvalue weighted by Gasteiger charge is -2.16. The second kappa shape index (κ2) is 7.26. The normalized spacial score (nSPS) is 18.3. The third-order valence-corrected chi connectivity index (χ3v) is 3.56. The molecule has 1 fully saturated rings. The van der Waals surface area contributed by atoms with Crippen molar-refractivity contribution < 1.29 is 14.3 Å². The number of methoxy groups -OCH3 is 1. The number of benzene rings is 1. The van der Waals surface area contributed by atoms with Gasteiger partial charge in [-0.3, -0.25) is 4.79 Å². The first-order valence-corrected chi connectivity index (χ1v) is 6.95. The van der Waals surface area contributed by atoms with E-state index in [2.05, 4.69) is 0 Å². The van der Waals surface area contributed by atoms with Crippen molar-refractivity contribution in [3.05, 3.63) is 29.8 Å². The van der Waals surface area contributed by atoms with Gasteiger partial charge in [0.15, 0.2) is 0 Å². The summed E-state index contributed by atoms with van der Waals surface area (Å²) >= 11 is 0. The van der Waals surface area contributed by atoms with Gasteiger partial charge in [0.1, 0.15) is 12.4 Å². The fourth-order valence-corrected chi connectivity index (χ4v) is 2.33. The molecule has 5 heteroatoms. The second-order valence-corrected chi connectivity index (χ2v) is 5.01. The lowest BCUT2D eigenvalue weighted by Crippen LogP contribution is -2.29. The number of likely N-dealkylation sites (tertiary alicyclic amines) is 1. The zero-order valence-electron chi connectivity index (χ0n) is 11.9. The average molecular weight is 278 g/mol. The summed E-state index contributed by atoms with van der Waals surface area (Å²) in [7, 11) is 1.63. The van der Waals surface area contributed by atoms with Gasteiger partial charge in [-0.25, -0.2) is 0 Å². The Balaban J connectivity index is 1.90. The van der Waals surface area contributed by atoms with Gasteiger partial charge in [0.05, 0.1) is 6.61 Å². The highest BCUT2D eigenvalue weighted by Gasteiger charge is 2.25. The van der Waals surface area contributed by atoms with Crippen LogP contribution in [0.15, 0.2) is 24.3 Å².